The van der Waals surface area contributed by atoms with Crippen molar-refractivity contribution in [3.8, 4) is 5.75 Å². The third kappa shape index (κ3) is 4.69. The third-order valence-corrected chi connectivity index (χ3v) is 3.78. The summed E-state index contributed by atoms with van der Waals surface area (Å²) >= 11 is 0. The fourth-order valence-corrected chi connectivity index (χ4v) is 2.61. The highest BCUT2D eigenvalue weighted by Gasteiger charge is 2.19. The lowest BCUT2D eigenvalue weighted by atomic mass is 10.0. The van der Waals surface area contributed by atoms with Gasteiger partial charge in [-0.25, -0.2) is 0 Å². The molecule has 0 radical (unpaired) electrons. The van der Waals surface area contributed by atoms with Crippen molar-refractivity contribution < 1.29 is 22.7 Å². The summed E-state index contributed by atoms with van der Waals surface area (Å²) in [6.07, 6.45) is 1.66. The zero-order valence-corrected chi connectivity index (χ0v) is 13.8. The van der Waals surface area contributed by atoms with Crippen LogP contribution in [0.15, 0.2) is 77.4 Å². The SMILES string of the molecule is O=C(Cc1ccc(OC(F)F)cc1)NC(c1ccccc1)c1ccco1. The van der Waals surface area contributed by atoms with Crippen LogP contribution >= 0.6 is 0 Å². The van der Waals surface area contributed by atoms with Gasteiger partial charge in [-0.1, -0.05) is 42.5 Å². The summed E-state index contributed by atoms with van der Waals surface area (Å²) in [5, 5.41) is 2.95. The van der Waals surface area contributed by atoms with Gasteiger partial charge in [0.25, 0.3) is 0 Å². The molecule has 0 aliphatic rings. The Balaban J connectivity index is 1.68. The van der Waals surface area contributed by atoms with Gasteiger partial charge in [-0.05, 0) is 35.4 Å². The van der Waals surface area contributed by atoms with Crippen molar-refractivity contribution in [2.24, 2.45) is 0 Å². The molecule has 0 saturated carbocycles. The first-order valence-corrected chi connectivity index (χ1v) is 8.03. The molecule has 1 unspecified atom stereocenters. The van der Waals surface area contributed by atoms with E-state index in [2.05, 4.69) is 10.1 Å². The number of furan rings is 1. The van der Waals surface area contributed by atoms with Crippen molar-refractivity contribution in [3.63, 3.8) is 0 Å². The highest BCUT2D eigenvalue weighted by atomic mass is 19.3. The molecule has 3 rings (SSSR count). The van der Waals surface area contributed by atoms with E-state index in [0.717, 1.165) is 5.56 Å². The Kier molecular flexibility index (Phi) is 5.63. The molecule has 1 aromatic heterocycles. The standard InChI is InChI=1S/C20H17F2NO3/c21-20(22)26-16-10-8-14(9-11-16)13-18(24)23-19(17-7-4-12-25-17)15-5-2-1-3-6-15/h1-12,19-20H,13H2,(H,23,24). The molecule has 0 aliphatic carbocycles. The van der Waals surface area contributed by atoms with Gasteiger partial charge in [-0.3, -0.25) is 4.79 Å². The van der Waals surface area contributed by atoms with Crippen molar-refractivity contribution in [1.29, 1.82) is 0 Å². The lowest BCUT2D eigenvalue weighted by Gasteiger charge is -2.17. The maximum absolute atomic E-state index is 12.5. The lowest BCUT2D eigenvalue weighted by molar-refractivity contribution is -0.121. The van der Waals surface area contributed by atoms with E-state index in [-0.39, 0.29) is 18.1 Å². The molecule has 2 aromatic carbocycles. The van der Waals surface area contributed by atoms with Crippen LogP contribution in [-0.2, 0) is 11.2 Å². The van der Waals surface area contributed by atoms with Crippen LogP contribution in [0.1, 0.15) is 22.9 Å². The summed E-state index contributed by atoms with van der Waals surface area (Å²) < 4.78 is 34.1. The molecule has 0 aliphatic heterocycles. The van der Waals surface area contributed by atoms with E-state index in [4.69, 9.17) is 4.42 Å². The molecule has 0 fully saturated rings. The summed E-state index contributed by atoms with van der Waals surface area (Å²) in [5.74, 6) is 0.477. The number of rotatable bonds is 7. The second kappa shape index (κ2) is 8.29. The topological polar surface area (TPSA) is 51.5 Å². The number of hydrogen-bond acceptors (Lipinski definition) is 3. The Hall–Kier alpha value is -3.15. The van der Waals surface area contributed by atoms with E-state index in [9.17, 15) is 13.6 Å². The molecular formula is C20H17F2NO3. The van der Waals surface area contributed by atoms with Crippen LogP contribution in [-0.4, -0.2) is 12.5 Å². The van der Waals surface area contributed by atoms with Gasteiger partial charge in [0.05, 0.1) is 12.7 Å². The first-order valence-electron chi connectivity index (χ1n) is 8.03. The average Bonchev–Trinajstić information content (AvgIpc) is 3.16. The van der Waals surface area contributed by atoms with Crippen molar-refractivity contribution in [2.75, 3.05) is 0 Å². The monoisotopic (exact) mass is 357 g/mol. The van der Waals surface area contributed by atoms with E-state index < -0.39 is 12.7 Å². The van der Waals surface area contributed by atoms with Crippen LogP contribution in [0.25, 0.3) is 0 Å². The second-order valence-corrected chi connectivity index (χ2v) is 5.63. The summed E-state index contributed by atoms with van der Waals surface area (Å²) in [4.78, 5) is 12.5. The Labute approximate surface area is 149 Å². The van der Waals surface area contributed by atoms with E-state index in [1.807, 2.05) is 30.3 Å². The molecule has 0 saturated heterocycles. The van der Waals surface area contributed by atoms with Crippen molar-refractivity contribution >= 4 is 5.91 Å². The van der Waals surface area contributed by atoms with E-state index in [1.165, 1.54) is 12.1 Å². The molecule has 26 heavy (non-hydrogen) atoms. The molecular weight excluding hydrogens is 340 g/mol. The molecule has 1 amide bonds. The number of carbonyl (C=O) groups is 1. The lowest BCUT2D eigenvalue weighted by Crippen LogP contribution is -2.30. The highest BCUT2D eigenvalue weighted by Crippen LogP contribution is 2.22. The van der Waals surface area contributed by atoms with Gasteiger partial charge in [-0.15, -0.1) is 0 Å². The highest BCUT2D eigenvalue weighted by molar-refractivity contribution is 5.79. The second-order valence-electron chi connectivity index (χ2n) is 5.63. The quantitative estimate of drug-likeness (QED) is 0.685. The van der Waals surface area contributed by atoms with Crippen LogP contribution in [0, 0.1) is 0 Å². The summed E-state index contributed by atoms with van der Waals surface area (Å²) in [7, 11) is 0. The molecule has 0 spiro atoms. The number of ether oxygens (including phenoxy) is 1. The first-order chi connectivity index (χ1) is 12.6. The van der Waals surface area contributed by atoms with Crippen LogP contribution in [0.5, 0.6) is 5.75 Å². The molecule has 134 valence electrons. The Morgan fingerprint density at radius 2 is 1.73 bits per heavy atom. The normalized spacial score (nSPS) is 12.0. The summed E-state index contributed by atoms with van der Waals surface area (Å²) in [5.41, 5.74) is 1.59. The van der Waals surface area contributed by atoms with E-state index in [0.29, 0.717) is 11.3 Å². The number of amides is 1. The summed E-state index contributed by atoms with van der Waals surface area (Å²) in [6.45, 7) is -2.87. The molecule has 1 heterocycles. The number of benzene rings is 2. The van der Waals surface area contributed by atoms with E-state index >= 15 is 0 Å². The van der Waals surface area contributed by atoms with Crippen LogP contribution in [0.3, 0.4) is 0 Å². The Bertz CT molecular complexity index is 818. The van der Waals surface area contributed by atoms with Crippen LogP contribution < -0.4 is 10.1 Å². The van der Waals surface area contributed by atoms with Crippen molar-refractivity contribution in [2.45, 2.75) is 19.1 Å². The van der Waals surface area contributed by atoms with Gasteiger partial charge >= 0.3 is 6.61 Å². The van der Waals surface area contributed by atoms with Gasteiger partial charge in [0.15, 0.2) is 0 Å². The largest absolute Gasteiger partial charge is 0.467 e. The van der Waals surface area contributed by atoms with Gasteiger partial charge in [0.1, 0.15) is 17.6 Å². The van der Waals surface area contributed by atoms with Gasteiger partial charge < -0.3 is 14.5 Å². The number of halogens is 2. The number of hydrogen-bond donors (Lipinski definition) is 1. The first kappa shape index (κ1) is 17.7. The number of nitrogens with one attached hydrogen (secondary N) is 1. The average molecular weight is 357 g/mol. The third-order valence-electron chi connectivity index (χ3n) is 3.78. The fourth-order valence-electron chi connectivity index (χ4n) is 2.61. The molecule has 6 heteroatoms. The molecule has 1 N–H and O–H groups in total. The molecule has 3 aromatic rings. The van der Waals surface area contributed by atoms with Crippen LogP contribution in [0.4, 0.5) is 8.78 Å². The van der Waals surface area contributed by atoms with Gasteiger partial charge in [0, 0.05) is 0 Å². The minimum absolute atomic E-state index is 0.0573. The Morgan fingerprint density at radius 3 is 2.35 bits per heavy atom. The van der Waals surface area contributed by atoms with Crippen molar-refractivity contribution in [1.82, 2.24) is 5.32 Å². The zero-order chi connectivity index (χ0) is 18.4. The smallest absolute Gasteiger partial charge is 0.387 e. The maximum Gasteiger partial charge on any atom is 0.387 e. The maximum atomic E-state index is 12.5. The fraction of sp³-hybridized carbons (Fsp3) is 0.150. The predicted molar refractivity (Wildman–Crippen MR) is 91.9 cm³/mol. The zero-order valence-electron chi connectivity index (χ0n) is 13.8. The molecule has 1 atom stereocenters. The predicted octanol–water partition coefficient (Wildman–Crippen LogP) is 4.33. The van der Waals surface area contributed by atoms with E-state index in [1.54, 1.807) is 30.5 Å². The van der Waals surface area contributed by atoms with Crippen LogP contribution in [0.2, 0.25) is 0 Å². The minimum atomic E-state index is -2.87. The van der Waals surface area contributed by atoms with Crippen molar-refractivity contribution in [3.05, 3.63) is 89.9 Å². The van der Waals surface area contributed by atoms with Gasteiger partial charge in [-0.2, -0.15) is 8.78 Å². The summed E-state index contributed by atoms with van der Waals surface area (Å²) in [6, 6.07) is 18.6. The minimum Gasteiger partial charge on any atom is -0.467 e. The Morgan fingerprint density at radius 1 is 1.00 bits per heavy atom. The number of alkyl halides is 2. The molecule has 4 nitrogen and oxygen atoms in total. The molecule has 0 bridgehead atoms. The van der Waals surface area contributed by atoms with Gasteiger partial charge in [0.2, 0.25) is 5.91 Å². The number of carbonyl (C=O) groups excluding carboxylic acids is 1.